The molecule has 0 bridgehead atoms. The van der Waals surface area contributed by atoms with Crippen molar-refractivity contribution in [1.82, 2.24) is 5.32 Å². The van der Waals surface area contributed by atoms with Crippen molar-refractivity contribution in [2.75, 3.05) is 19.0 Å². The van der Waals surface area contributed by atoms with Gasteiger partial charge in [-0.3, -0.25) is 4.79 Å². The minimum atomic E-state index is -2.52. The molecule has 0 aliphatic carbocycles. The van der Waals surface area contributed by atoms with E-state index in [0.717, 1.165) is 11.4 Å². The van der Waals surface area contributed by atoms with Crippen LogP contribution >= 0.6 is 17.1 Å². The summed E-state index contributed by atoms with van der Waals surface area (Å²) in [5, 5.41) is 11.5. The second-order valence-electron chi connectivity index (χ2n) is 4.18. The first-order chi connectivity index (χ1) is 9.25. The first-order valence-corrected chi connectivity index (χ1v) is 10.5. The van der Waals surface area contributed by atoms with Crippen LogP contribution in [0.15, 0.2) is 0 Å². The fourth-order valence-corrected chi connectivity index (χ4v) is 5.52. The van der Waals surface area contributed by atoms with Crippen molar-refractivity contribution in [3.05, 3.63) is 0 Å². The van der Waals surface area contributed by atoms with Crippen LogP contribution in [-0.2, 0) is 30.4 Å². The van der Waals surface area contributed by atoms with Gasteiger partial charge in [0, 0.05) is 0 Å². The van der Waals surface area contributed by atoms with Crippen LogP contribution in [0.1, 0.15) is 27.7 Å². The minimum Gasteiger partial charge on any atom is -0.480 e. The van der Waals surface area contributed by atoms with Crippen LogP contribution in [0, 0.1) is 5.92 Å². The molecule has 118 valence electrons. The van der Waals surface area contributed by atoms with E-state index in [2.05, 4.69) is 5.32 Å². The van der Waals surface area contributed by atoms with E-state index >= 15 is 0 Å². The molecule has 0 fully saturated rings. The van der Waals surface area contributed by atoms with Gasteiger partial charge in [0.05, 0.1) is 19.0 Å². The molecule has 1 amide bonds. The van der Waals surface area contributed by atoms with Crippen molar-refractivity contribution in [2.45, 2.75) is 33.7 Å². The topological polar surface area (TPSA) is 84.9 Å². The van der Waals surface area contributed by atoms with Gasteiger partial charge in [0.2, 0.25) is 11.6 Å². The Morgan fingerprint density at radius 3 is 2.15 bits per heavy atom. The number of hydrogen-bond acceptors (Lipinski definition) is 6. The Hall–Kier alpha value is -0.140. The molecule has 1 atom stereocenters. The third-order valence-corrected chi connectivity index (χ3v) is 7.58. The van der Waals surface area contributed by atoms with Crippen LogP contribution in [0.3, 0.4) is 0 Å². The van der Waals surface area contributed by atoms with Crippen LogP contribution in [-0.4, -0.2) is 42.0 Å². The Morgan fingerprint density at radius 1 is 1.30 bits per heavy atom. The molecule has 0 aromatic carbocycles. The summed E-state index contributed by atoms with van der Waals surface area (Å²) in [5.41, 5.74) is -2.52. The summed E-state index contributed by atoms with van der Waals surface area (Å²) in [4.78, 5) is 22.8. The number of amides is 1. The average Bonchev–Trinajstić information content (AvgIpc) is 2.33. The zero-order chi connectivity index (χ0) is 15.8. The van der Waals surface area contributed by atoms with Crippen molar-refractivity contribution in [3.8, 4) is 0 Å². The van der Waals surface area contributed by atoms with E-state index in [1.54, 1.807) is 27.7 Å². The summed E-state index contributed by atoms with van der Waals surface area (Å²) in [5.74, 6) is -1.60. The highest BCUT2D eigenvalue weighted by Crippen LogP contribution is 2.60. The Kier molecular flexibility index (Phi) is 9.67. The van der Waals surface area contributed by atoms with Crippen molar-refractivity contribution in [2.24, 2.45) is 5.92 Å². The van der Waals surface area contributed by atoms with Crippen molar-refractivity contribution < 1.29 is 23.7 Å². The molecule has 0 aliphatic rings. The van der Waals surface area contributed by atoms with Crippen LogP contribution in [0.5, 0.6) is 0 Å². The van der Waals surface area contributed by atoms with E-state index in [9.17, 15) is 9.59 Å². The molecule has 0 aromatic rings. The number of hydrogen-bond donors (Lipinski definition) is 2. The molecule has 0 aromatic heterocycles. The van der Waals surface area contributed by atoms with E-state index < -0.39 is 17.7 Å². The molecule has 0 rings (SSSR count). The molecular weight excluding hydrogens is 321 g/mol. The summed E-state index contributed by atoms with van der Waals surface area (Å²) in [6.07, 6.45) is 0. The van der Waals surface area contributed by atoms with Gasteiger partial charge in [-0.2, -0.15) is 0 Å². The monoisotopic (exact) mass is 343 g/mol. The predicted molar refractivity (Wildman–Crippen MR) is 84.4 cm³/mol. The molecule has 20 heavy (non-hydrogen) atoms. The van der Waals surface area contributed by atoms with Crippen LogP contribution < -0.4 is 5.32 Å². The number of carboxylic acid groups (broad SMARTS) is 1. The molecule has 0 aliphatic heterocycles. The maximum Gasteiger partial charge on any atom is 0.326 e. The maximum absolute atomic E-state index is 11.8. The van der Waals surface area contributed by atoms with E-state index in [-0.39, 0.29) is 17.6 Å². The Bertz CT molecular complexity index is 368. The molecular formula is C11H22NO5PS2. The number of rotatable bonds is 10. The fraction of sp³-hybridized carbons (Fsp3) is 0.818. The van der Waals surface area contributed by atoms with Gasteiger partial charge in [-0.1, -0.05) is 25.2 Å². The first-order valence-electron chi connectivity index (χ1n) is 6.31. The quantitative estimate of drug-likeness (QED) is 0.588. The molecule has 0 saturated carbocycles. The second kappa shape index (κ2) is 9.73. The summed E-state index contributed by atoms with van der Waals surface area (Å²) >= 11 is 6.39. The molecule has 2 N–H and O–H groups in total. The highest BCUT2D eigenvalue weighted by atomic mass is 32.9. The first kappa shape index (κ1) is 19.9. The highest BCUT2D eigenvalue weighted by molar-refractivity contribution is 8.68. The number of carbonyl (C=O) groups excluding carboxylic acids is 1. The Balaban J connectivity index is 4.46. The lowest BCUT2D eigenvalue weighted by Gasteiger charge is -2.21. The van der Waals surface area contributed by atoms with Gasteiger partial charge in [-0.15, -0.1) is 0 Å². The van der Waals surface area contributed by atoms with Gasteiger partial charge >= 0.3 is 5.97 Å². The van der Waals surface area contributed by atoms with Gasteiger partial charge in [-0.25, -0.2) is 4.79 Å². The number of carboxylic acids is 1. The standard InChI is InChI=1S/C11H22NO5PS2/c1-5-16-18(19,17-6-2)20-7-9(13)12-10(8(3)4)11(14)15/h8,10H,5-7H2,1-4H3,(H,12,13)(H,14,15)/t10-/m1/s1. The lowest BCUT2D eigenvalue weighted by Crippen LogP contribution is -2.45. The van der Waals surface area contributed by atoms with Crippen molar-refractivity contribution >= 4 is 40.8 Å². The lowest BCUT2D eigenvalue weighted by molar-refractivity contribution is -0.142. The van der Waals surface area contributed by atoms with E-state index in [1.807, 2.05) is 0 Å². The third kappa shape index (κ3) is 7.59. The van der Waals surface area contributed by atoms with Gasteiger partial charge < -0.3 is 19.5 Å². The normalized spacial score (nSPS) is 13.2. The van der Waals surface area contributed by atoms with Gasteiger partial charge in [0.15, 0.2) is 0 Å². The SMILES string of the molecule is CCOP(=S)(OCC)SCC(=O)N[C@@H](C(=O)O)C(C)C. The summed E-state index contributed by atoms with van der Waals surface area (Å²) in [6.45, 7) is 7.90. The van der Waals surface area contributed by atoms with Gasteiger partial charge in [0.1, 0.15) is 6.04 Å². The minimum absolute atomic E-state index is 0.0216. The summed E-state index contributed by atoms with van der Waals surface area (Å²) < 4.78 is 10.8. The molecule has 0 heterocycles. The van der Waals surface area contributed by atoms with Crippen molar-refractivity contribution in [1.29, 1.82) is 0 Å². The molecule has 0 spiro atoms. The van der Waals surface area contributed by atoms with Crippen molar-refractivity contribution in [3.63, 3.8) is 0 Å². The molecule has 0 saturated heterocycles. The Morgan fingerprint density at radius 2 is 1.80 bits per heavy atom. The number of nitrogens with one attached hydrogen (secondary N) is 1. The summed E-state index contributed by atoms with van der Waals surface area (Å²) in [7, 11) is 0. The van der Waals surface area contributed by atoms with E-state index in [4.69, 9.17) is 26.0 Å². The highest BCUT2D eigenvalue weighted by Gasteiger charge is 2.25. The average molecular weight is 343 g/mol. The van der Waals surface area contributed by atoms with Crippen LogP contribution in [0.25, 0.3) is 0 Å². The van der Waals surface area contributed by atoms with Crippen LogP contribution in [0.4, 0.5) is 0 Å². The maximum atomic E-state index is 11.8. The largest absolute Gasteiger partial charge is 0.480 e. The van der Waals surface area contributed by atoms with E-state index in [1.165, 1.54) is 0 Å². The molecule has 6 nitrogen and oxygen atoms in total. The smallest absolute Gasteiger partial charge is 0.326 e. The third-order valence-electron chi connectivity index (χ3n) is 2.18. The zero-order valence-corrected chi connectivity index (χ0v) is 14.6. The molecule has 9 heteroatoms. The second-order valence-corrected chi connectivity index (χ2v) is 10.5. The number of aliphatic carboxylic acids is 1. The van der Waals surface area contributed by atoms with Crippen LogP contribution in [0.2, 0.25) is 0 Å². The van der Waals surface area contributed by atoms with E-state index in [0.29, 0.717) is 13.2 Å². The fourth-order valence-electron chi connectivity index (χ4n) is 1.29. The van der Waals surface area contributed by atoms with Gasteiger partial charge in [0.25, 0.3) is 0 Å². The predicted octanol–water partition coefficient (Wildman–Crippen LogP) is 2.24. The summed E-state index contributed by atoms with van der Waals surface area (Å²) in [6, 6.07) is -0.903. The zero-order valence-electron chi connectivity index (χ0n) is 12.1. The molecule has 0 radical (unpaired) electrons. The van der Waals surface area contributed by atoms with Gasteiger partial charge in [-0.05, 0) is 31.6 Å². The Labute approximate surface area is 128 Å². The number of carbonyl (C=O) groups is 2. The molecule has 0 unspecified atom stereocenters. The lowest BCUT2D eigenvalue weighted by atomic mass is 10.1.